The molecule has 0 bridgehead atoms. The van der Waals surface area contributed by atoms with Crippen molar-refractivity contribution in [2.24, 2.45) is 0 Å². The minimum absolute atomic E-state index is 0.280. The number of hydrogen-bond acceptors (Lipinski definition) is 2. The van der Waals surface area contributed by atoms with Crippen LogP contribution < -0.4 is 15.9 Å². The van der Waals surface area contributed by atoms with Crippen molar-refractivity contribution in [2.45, 2.75) is 45.4 Å². The molecule has 0 aromatic heterocycles. The summed E-state index contributed by atoms with van der Waals surface area (Å²) in [5.74, 6) is -0.280. The van der Waals surface area contributed by atoms with E-state index in [2.05, 4.69) is 97.6 Å². The SMILES string of the molecule is C=C(C)C(=O)OCCCCCCCC[P+](c1ccccc1)(c1ccccc1)c1ccccc1. The highest BCUT2D eigenvalue weighted by Gasteiger charge is 2.44. The predicted molar refractivity (Wildman–Crippen MR) is 143 cm³/mol. The number of benzene rings is 3. The Morgan fingerprint density at radius 1 is 0.667 bits per heavy atom. The molecule has 0 aliphatic heterocycles. The second kappa shape index (κ2) is 13.1. The minimum atomic E-state index is -1.71. The van der Waals surface area contributed by atoms with Gasteiger partial charge in [0.1, 0.15) is 23.2 Å². The number of unbranched alkanes of at least 4 members (excludes halogenated alkanes) is 5. The third-order valence-corrected chi connectivity index (χ3v) is 10.6. The molecule has 0 heterocycles. The topological polar surface area (TPSA) is 26.3 Å². The Morgan fingerprint density at radius 3 is 1.48 bits per heavy atom. The maximum atomic E-state index is 11.4. The molecule has 0 radical (unpaired) electrons. The van der Waals surface area contributed by atoms with E-state index < -0.39 is 7.26 Å². The van der Waals surface area contributed by atoms with Crippen molar-refractivity contribution in [2.75, 3.05) is 12.8 Å². The van der Waals surface area contributed by atoms with Crippen LogP contribution in [0.2, 0.25) is 0 Å². The Hall–Kier alpha value is -2.70. The molecule has 2 nitrogen and oxygen atoms in total. The Morgan fingerprint density at radius 2 is 1.06 bits per heavy atom. The highest BCUT2D eigenvalue weighted by atomic mass is 31.2. The quantitative estimate of drug-likeness (QED) is 0.127. The molecule has 172 valence electrons. The summed E-state index contributed by atoms with van der Waals surface area (Å²) in [4.78, 5) is 11.4. The number of hydrogen-bond donors (Lipinski definition) is 0. The fourth-order valence-corrected chi connectivity index (χ4v) is 8.74. The normalized spacial score (nSPS) is 11.2. The lowest BCUT2D eigenvalue weighted by molar-refractivity contribution is -0.139. The van der Waals surface area contributed by atoms with E-state index >= 15 is 0 Å². The van der Waals surface area contributed by atoms with Crippen LogP contribution in [0, 0.1) is 0 Å². The van der Waals surface area contributed by atoms with Crippen LogP contribution in [0.1, 0.15) is 45.4 Å². The second-order valence-electron chi connectivity index (χ2n) is 8.58. The monoisotopic (exact) mass is 459 g/mol. The van der Waals surface area contributed by atoms with Crippen molar-refractivity contribution in [3.05, 3.63) is 103 Å². The average Bonchev–Trinajstić information content (AvgIpc) is 2.87. The molecule has 0 spiro atoms. The minimum Gasteiger partial charge on any atom is -0.462 e. The van der Waals surface area contributed by atoms with Crippen molar-refractivity contribution in [3.63, 3.8) is 0 Å². The van der Waals surface area contributed by atoms with Crippen LogP contribution in [0.25, 0.3) is 0 Å². The first-order chi connectivity index (χ1) is 16.1. The van der Waals surface area contributed by atoms with Gasteiger partial charge in [0.2, 0.25) is 0 Å². The van der Waals surface area contributed by atoms with Crippen molar-refractivity contribution in [1.82, 2.24) is 0 Å². The van der Waals surface area contributed by atoms with Crippen LogP contribution in [0.3, 0.4) is 0 Å². The zero-order valence-electron chi connectivity index (χ0n) is 19.8. The van der Waals surface area contributed by atoms with E-state index in [9.17, 15) is 4.79 Å². The van der Waals surface area contributed by atoms with E-state index in [1.807, 2.05) is 0 Å². The van der Waals surface area contributed by atoms with Gasteiger partial charge in [-0.05, 0) is 62.6 Å². The molecule has 0 aliphatic carbocycles. The summed E-state index contributed by atoms with van der Waals surface area (Å²) in [6, 6.07) is 33.3. The fraction of sp³-hybridized carbons (Fsp3) is 0.300. The van der Waals surface area contributed by atoms with Gasteiger partial charge >= 0.3 is 5.97 Å². The summed E-state index contributed by atoms with van der Waals surface area (Å²) in [6.07, 6.45) is 8.02. The van der Waals surface area contributed by atoms with E-state index in [0.717, 1.165) is 12.8 Å². The summed E-state index contributed by atoms with van der Waals surface area (Å²) < 4.78 is 5.19. The first-order valence-electron chi connectivity index (χ1n) is 12.0. The molecule has 0 unspecified atom stereocenters. The van der Waals surface area contributed by atoms with Gasteiger partial charge in [0, 0.05) is 5.57 Å². The molecule has 0 aliphatic rings. The third kappa shape index (κ3) is 6.89. The Kier molecular flexibility index (Phi) is 9.91. The summed E-state index contributed by atoms with van der Waals surface area (Å²) in [5, 5.41) is 4.38. The predicted octanol–water partition coefficient (Wildman–Crippen LogP) is 6.44. The third-order valence-electron chi connectivity index (χ3n) is 6.06. The molecule has 0 saturated heterocycles. The lowest BCUT2D eigenvalue weighted by Gasteiger charge is -2.27. The van der Waals surface area contributed by atoms with Gasteiger partial charge in [-0.1, -0.05) is 80.4 Å². The molecule has 3 rings (SSSR count). The van der Waals surface area contributed by atoms with Gasteiger partial charge in [-0.15, -0.1) is 0 Å². The van der Waals surface area contributed by atoms with Crippen molar-refractivity contribution in [3.8, 4) is 0 Å². The van der Waals surface area contributed by atoms with Gasteiger partial charge in [0.25, 0.3) is 0 Å². The summed E-state index contributed by atoms with van der Waals surface area (Å²) in [6.45, 7) is 5.80. The van der Waals surface area contributed by atoms with Gasteiger partial charge in [-0.3, -0.25) is 0 Å². The van der Waals surface area contributed by atoms with E-state index in [4.69, 9.17) is 4.74 Å². The number of rotatable bonds is 13. The van der Waals surface area contributed by atoms with Crippen LogP contribution in [0.15, 0.2) is 103 Å². The Balaban J connectivity index is 1.64. The van der Waals surface area contributed by atoms with Crippen molar-refractivity contribution >= 4 is 29.1 Å². The van der Waals surface area contributed by atoms with Gasteiger partial charge in [0.05, 0.1) is 12.8 Å². The average molecular weight is 460 g/mol. The highest BCUT2D eigenvalue weighted by Crippen LogP contribution is 2.55. The fourth-order valence-electron chi connectivity index (χ4n) is 4.33. The Bertz CT molecular complexity index is 887. The lowest BCUT2D eigenvalue weighted by Crippen LogP contribution is -2.33. The summed E-state index contributed by atoms with van der Waals surface area (Å²) in [5.41, 5.74) is 0.470. The molecule has 0 atom stereocenters. The lowest BCUT2D eigenvalue weighted by atomic mass is 10.1. The molecule has 0 amide bonds. The van der Waals surface area contributed by atoms with Gasteiger partial charge in [0.15, 0.2) is 0 Å². The number of carbonyl (C=O) groups is 1. The van der Waals surface area contributed by atoms with Crippen LogP contribution in [0.5, 0.6) is 0 Å². The molecule has 3 aromatic rings. The van der Waals surface area contributed by atoms with Crippen LogP contribution >= 0.6 is 7.26 Å². The van der Waals surface area contributed by atoms with E-state index in [1.54, 1.807) is 6.92 Å². The number of ether oxygens (including phenoxy) is 1. The van der Waals surface area contributed by atoms with E-state index in [0.29, 0.717) is 12.2 Å². The highest BCUT2D eigenvalue weighted by molar-refractivity contribution is 7.95. The standard InChI is InChI=1S/C30H36O2P/c1-26(2)30(31)32-24-16-5-3-4-6-17-25-33(27-18-10-7-11-19-27,28-20-12-8-13-21-28)29-22-14-9-15-23-29/h7-15,18-23H,1,3-6,16-17,24-25H2,2H3/q+1. The molecule has 0 N–H and O–H groups in total. The molecule has 0 fully saturated rings. The zero-order valence-corrected chi connectivity index (χ0v) is 20.7. The Labute approximate surface area is 200 Å². The van der Waals surface area contributed by atoms with Gasteiger partial charge in [-0.25, -0.2) is 4.79 Å². The molecule has 3 heteroatoms. The summed E-state index contributed by atoms with van der Waals surface area (Å²) >= 11 is 0. The number of esters is 1. The smallest absolute Gasteiger partial charge is 0.333 e. The molecule has 0 saturated carbocycles. The van der Waals surface area contributed by atoms with E-state index in [-0.39, 0.29) is 5.97 Å². The molecule has 3 aromatic carbocycles. The maximum absolute atomic E-state index is 11.4. The first kappa shape index (κ1) is 24.9. The second-order valence-corrected chi connectivity index (χ2v) is 12.2. The van der Waals surface area contributed by atoms with Crippen LogP contribution in [-0.4, -0.2) is 18.7 Å². The van der Waals surface area contributed by atoms with Gasteiger partial charge < -0.3 is 4.74 Å². The van der Waals surface area contributed by atoms with Crippen LogP contribution in [0.4, 0.5) is 0 Å². The first-order valence-corrected chi connectivity index (χ1v) is 14.0. The zero-order chi connectivity index (χ0) is 23.4. The molecular weight excluding hydrogens is 423 g/mol. The molecule has 33 heavy (non-hydrogen) atoms. The van der Waals surface area contributed by atoms with Crippen molar-refractivity contribution < 1.29 is 9.53 Å². The van der Waals surface area contributed by atoms with E-state index in [1.165, 1.54) is 47.8 Å². The van der Waals surface area contributed by atoms with Crippen molar-refractivity contribution in [1.29, 1.82) is 0 Å². The van der Waals surface area contributed by atoms with Gasteiger partial charge in [-0.2, -0.15) is 0 Å². The number of carbonyl (C=O) groups excluding carboxylic acids is 1. The maximum Gasteiger partial charge on any atom is 0.333 e. The molecular formula is C30H36O2P+. The summed E-state index contributed by atoms with van der Waals surface area (Å²) in [7, 11) is -1.71. The van der Waals surface area contributed by atoms with Crippen LogP contribution in [-0.2, 0) is 9.53 Å². The largest absolute Gasteiger partial charge is 0.462 e.